The van der Waals surface area contributed by atoms with Gasteiger partial charge in [0, 0.05) is 34.0 Å². The number of allylic oxidation sites excluding steroid dienone is 3. The van der Waals surface area contributed by atoms with Gasteiger partial charge in [-0.25, -0.2) is 4.39 Å². The number of carbonyl (C=O) groups excluding carboxylic acids is 2. The van der Waals surface area contributed by atoms with E-state index in [1.165, 1.54) is 30.2 Å². The molecule has 2 aromatic carbocycles. The normalized spacial score (nSPS) is 16.9. The zero-order valence-electron chi connectivity index (χ0n) is 21.4. The zero-order chi connectivity index (χ0) is 29.3. The average Bonchev–Trinajstić information content (AvgIpc) is 3.40. The Morgan fingerprint density at radius 1 is 1.29 bits per heavy atom. The minimum absolute atomic E-state index is 0.00654. The van der Waals surface area contributed by atoms with Crippen LogP contribution < -0.4 is 20.7 Å². The Morgan fingerprint density at radius 3 is 2.80 bits per heavy atom. The molecule has 0 saturated carbocycles. The predicted molar refractivity (Wildman–Crippen MR) is 157 cm³/mol. The maximum absolute atomic E-state index is 15.0. The molecular weight excluding hydrogens is 610 g/mol. The van der Waals surface area contributed by atoms with E-state index in [9.17, 15) is 14.9 Å². The third-order valence-electron chi connectivity index (χ3n) is 6.55. The Morgan fingerprint density at radius 2 is 2.10 bits per heavy atom. The average molecular weight is 632 g/mol. The first-order chi connectivity index (χ1) is 19.7. The number of thioether (sulfide) groups is 1. The molecule has 2 aliphatic rings. The van der Waals surface area contributed by atoms with Gasteiger partial charge in [0.25, 0.3) is 0 Å². The molecule has 1 unspecified atom stereocenters. The second-order valence-electron chi connectivity index (χ2n) is 8.99. The summed E-state index contributed by atoms with van der Waals surface area (Å²) in [7, 11) is 1.50. The lowest BCUT2D eigenvalue weighted by molar-refractivity contribution is -0.116. The number of rotatable bonds is 7. The van der Waals surface area contributed by atoms with E-state index in [1.54, 1.807) is 18.2 Å². The summed E-state index contributed by atoms with van der Waals surface area (Å²) in [6.07, 6.45) is 1.26. The SMILES string of the molecule is COc1ccc(NC(=O)CSc2nnc(N3C(N)=C(C#N)C(c4c(F)cccc4Cl)C4=C3CCCC4=O)s2)cc1Cl. The molecule has 210 valence electrons. The molecule has 3 aromatic rings. The number of benzene rings is 2. The molecule has 9 nitrogen and oxygen atoms in total. The molecule has 1 aliphatic heterocycles. The van der Waals surface area contributed by atoms with Crippen molar-refractivity contribution in [2.24, 2.45) is 5.73 Å². The summed E-state index contributed by atoms with van der Waals surface area (Å²) in [5.41, 5.74) is 7.87. The van der Waals surface area contributed by atoms with E-state index in [0.717, 1.165) is 23.1 Å². The Balaban J connectivity index is 1.41. The molecule has 41 heavy (non-hydrogen) atoms. The zero-order valence-corrected chi connectivity index (χ0v) is 24.6. The number of carbonyl (C=O) groups is 2. The molecule has 0 radical (unpaired) electrons. The fourth-order valence-corrected chi connectivity index (χ4v) is 7.01. The van der Waals surface area contributed by atoms with E-state index in [0.29, 0.717) is 44.5 Å². The maximum Gasteiger partial charge on any atom is 0.234 e. The monoisotopic (exact) mass is 630 g/mol. The molecular formula is C27H21Cl2FN6O3S2. The number of nitriles is 1. The number of nitrogens with zero attached hydrogens (tertiary/aromatic N) is 4. The molecule has 0 fully saturated rings. The molecule has 1 aromatic heterocycles. The highest BCUT2D eigenvalue weighted by Gasteiger charge is 2.43. The van der Waals surface area contributed by atoms with Gasteiger partial charge in [0.05, 0.1) is 35.4 Å². The van der Waals surface area contributed by atoms with Gasteiger partial charge >= 0.3 is 0 Å². The Hall–Kier alpha value is -3.63. The number of Topliss-reactive ketones (excluding diaryl/α,β-unsaturated/α-hetero) is 1. The van der Waals surface area contributed by atoms with E-state index < -0.39 is 11.7 Å². The maximum atomic E-state index is 15.0. The first-order valence-electron chi connectivity index (χ1n) is 12.2. The number of ether oxygens (including phenoxy) is 1. The second kappa shape index (κ2) is 12.1. The van der Waals surface area contributed by atoms with Gasteiger partial charge in [0.2, 0.25) is 11.0 Å². The van der Waals surface area contributed by atoms with Gasteiger partial charge in [-0.15, -0.1) is 10.2 Å². The molecule has 1 aliphatic carbocycles. The van der Waals surface area contributed by atoms with Gasteiger partial charge in [-0.1, -0.05) is 52.4 Å². The number of methoxy groups -OCH3 is 1. The number of nitrogens with one attached hydrogen (secondary N) is 1. The van der Waals surface area contributed by atoms with Gasteiger partial charge < -0.3 is 15.8 Å². The number of nitrogens with two attached hydrogens (primary N) is 1. The van der Waals surface area contributed by atoms with E-state index in [4.69, 9.17) is 33.7 Å². The molecule has 14 heteroatoms. The fraction of sp³-hybridized carbons (Fsp3) is 0.222. The molecule has 1 atom stereocenters. The van der Waals surface area contributed by atoms with Crippen molar-refractivity contribution >= 4 is 68.8 Å². The van der Waals surface area contributed by atoms with Crippen LogP contribution in [0.2, 0.25) is 10.0 Å². The van der Waals surface area contributed by atoms with Crippen LogP contribution in [0.5, 0.6) is 5.75 Å². The van der Waals surface area contributed by atoms with Crippen LogP contribution >= 0.6 is 46.3 Å². The summed E-state index contributed by atoms with van der Waals surface area (Å²) >= 11 is 14.8. The van der Waals surface area contributed by atoms with E-state index >= 15 is 4.39 Å². The van der Waals surface area contributed by atoms with Gasteiger partial charge in [0.1, 0.15) is 17.4 Å². The summed E-state index contributed by atoms with van der Waals surface area (Å²) in [5, 5.41) is 22.1. The van der Waals surface area contributed by atoms with Crippen LogP contribution in [0, 0.1) is 17.1 Å². The molecule has 2 heterocycles. The van der Waals surface area contributed by atoms with Crippen molar-refractivity contribution in [3.8, 4) is 11.8 Å². The van der Waals surface area contributed by atoms with Crippen molar-refractivity contribution in [1.29, 1.82) is 5.26 Å². The molecule has 3 N–H and O–H groups in total. The highest BCUT2D eigenvalue weighted by Crippen LogP contribution is 2.49. The van der Waals surface area contributed by atoms with Crippen LogP contribution in [0.15, 0.2) is 63.4 Å². The fourth-order valence-electron chi connectivity index (χ4n) is 4.80. The molecule has 0 spiro atoms. The van der Waals surface area contributed by atoms with Crippen molar-refractivity contribution in [3.63, 3.8) is 0 Å². The van der Waals surface area contributed by atoms with Gasteiger partial charge in [-0.3, -0.25) is 14.5 Å². The van der Waals surface area contributed by atoms with Crippen LogP contribution in [-0.2, 0) is 9.59 Å². The Bertz CT molecular complexity index is 1650. The Labute approximate surface area is 252 Å². The number of halogens is 3. The quantitative estimate of drug-likeness (QED) is 0.300. The second-order valence-corrected chi connectivity index (χ2v) is 12.0. The van der Waals surface area contributed by atoms with Crippen molar-refractivity contribution in [1.82, 2.24) is 10.2 Å². The summed E-state index contributed by atoms with van der Waals surface area (Å²) in [4.78, 5) is 27.3. The lowest BCUT2D eigenvalue weighted by Gasteiger charge is -2.38. The minimum Gasteiger partial charge on any atom is -0.495 e. The smallest absolute Gasteiger partial charge is 0.234 e. The van der Waals surface area contributed by atoms with Crippen LogP contribution in [0.25, 0.3) is 0 Å². The Kier molecular flexibility index (Phi) is 8.51. The highest BCUT2D eigenvalue weighted by molar-refractivity contribution is 8.01. The van der Waals surface area contributed by atoms with Crippen LogP contribution in [-0.4, -0.2) is 34.8 Å². The summed E-state index contributed by atoms with van der Waals surface area (Å²) in [6, 6.07) is 11.2. The topological polar surface area (TPSA) is 134 Å². The van der Waals surface area contributed by atoms with Crippen molar-refractivity contribution in [2.45, 2.75) is 29.5 Å². The number of ketones is 1. The highest BCUT2D eigenvalue weighted by atomic mass is 35.5. The van der Waals surface area contributed by atoms with Gasteiger partial charge in [-0.2, -0.15) is 5.26 Å². The van der Waals surface area contributed by atoms with Crippen molar-refractivity contribution in [3.05, 3.63) is 80.5 Å². The third kappa shape index (κ3) is 5.63. The first kappa shape index (κ1) is 28.9. The molecule has 0 saturated heterocycles. The lowest BCUT2D eigenvalue weighted by Crippen LogP contribution is -2.39. The molecule has 0 bridgehead atoms. The van der Waals surface area contributed by atoms with E-state index in [-0.39, 0.29) is 51.4 Å². The van der Waals surface area contributed by atoms with Gasteiger partial charge in [-0.05, 0) is 43.2 Å². The predicted octanol–water partition coefficient (Wildman–Crippen LogP) is 6.03. The summed E-state index contributed by atoms with van der Waals surface area (Å²) in [6.45, 7) is 0. The van der Waals surface area contributed by atoms with Crippen molar-refractivity contribution < 1.29 is 18.7 Å². The number of hydrogen-bond donors (Lipinski definition) is 2. The number of anilines is 2. The summed E-state index contributed by atoms with van der Waals surface area (Å²) < 4.78 is 20.6. The molecule has 5 rings (SSSR count). The van der Waals surface area contributed by atoms with E-state index in [1.807, 2.05) is 0 Å². The third-order valence-corrected chi connectivity index (χ3v) is 9.22. The largest absolute Gasteiger partial charge is 0.495 e. The summed E-state index contributed by atoms with van der Waals surface area (Å²) in [5.74, 6) is -1.62. The van der Waals surface area contributed by atoms with Crippen molar-refractivity contribution in [2.75, 3.05) is 23.1 Å². The molecule has 1 amide bonds. The minimum atomic E-state index is -1.04. The number of aromatic nitrogens is 2. The van der Waals surface area contributed by atoms with Crippen LogP contribution in [0.1, 0.15) is 30.7 Å². The van der Waals surface area contributed by atoms with Crippen LogP contribution in [0.3, 0.4) is 0 Å². The van der Waals surface area contributed by atoms with Crippen LogP contribution in [0.4, 0.5) is 15.2 Å². The number of amides is 1. The lowest BCUT2D eigenvalue weighted by atomic mass is 9.75. The first-order valence-corrected chi connectivity index (χ1v) is 14.8. The van der Waals surface area contributed by atoms with Gasteiger partial charge in [0.15, 0.2) is 10.1 Å². The standard InChI is InChI=1S/C27H21Cl2FN6O3S2/c1-39-20-9-8-13(10-16(20)29)33-21(38)12-40-27-35-34-26(41-27)36-18-6-3-7-19(37)24(18)22(14(11-31)25(36)32)23-15(28)4-2-5-17(23)30/h2,4-5,8-10,22H,3,6-7,12,32H2,1H3,(H,33,38). The van der Waals surface area contributed by atoms with E-state index in [2.05, 4.69) is 21.6 Å². The number of hydrogen-bond acceptors (Lipinski definition) is 10.